The number of hydrogen-bond donors (Lipinski definition) is 3. The first-order valence-corrected chi connectivity index (χ1v) is 4.63. The van der Waals surface area contributed by atoms with Gasteiger partial charge in [0.25, 0.3) is 0 Å². The van der Waals surface area contributed by atoms with Gasteiger partial charge in [-0.05, 0) is 30.2 Å². The Hall–Kier alpha value is -1.75. The summed E-state index contributed by atoms with van der Waals surface area (Å²) in [5.41, 5.74) is 1.42. The van der Waals surface area contributed by atoms with E-state index in [1.807, 2.05) is 0 Å². The number of anilines is 1. The van der Waals surface area contributed by atoms with Crippen LogP contribution in [0.2, 0.25) is 0 Å². The summed E-state index contributed by atoms with van der Waals surface area (Å²) in [4.78, 5) is 10.4. The van der Waals surface area contributed by atoms with Gasteiger partial charge in [-0.2, -0.15) is 0 Å². The highest BCUT2D eigenvalue weighted by Crippen LogP contribution is 2.29. The summed E-state index contributed by atoms with van der Waals surface area (Å²) in [6, 6.07) is 4.98. The van der Waals surface area contributed by atoms with Crippen LogP contribution in [0.25, 0.3) is 0 Å². The van der Waals surface area contributed by atoms with Gasteiger partial charge in [-0.1, -0.05) is 0 Å². The van der Waals surface area contributed by atoms with Crippen LogP contribution in [0.3, 0.4) is 0 Å². The summed E-state index contributed by atoms with van der Waals surface area (Å²) >= 11 is 0. The molecule has 15 heavy (non-hydrogen) atoms. The molecule has 5 heteroatoms. The molecule has 1 aliphatic rings. The van der Waals surface area contributed by atoms with Crippen molar-refractivity contribution in [3.05, 3.63) is 23.8 Å². The number of ether oxygens (including phenoxy) is 1. The quantitative estimate of drug-likeness (QED) is 0.653. The lowest BCUT2D eigenvalue weighted by molar-refractivity contribution is -0.0316. The average Bonchev–Trinajstić information content (AvgIpc) is 2.17. The van der Waals surface area contributed by atoms with Crippen LogP contribution >= 0.6 is 0 Å². The standard InChI is InChI=1S/C10H11NO4/c12-9-4-1-6-5-7(11-10(13)14)2-3-8(6)15-9/h2-3,5,9,11-12H,1,4H2,(H,13,14). The van der Waals surface area contributed by atoms with Crippen molar-refractivity contribution in [1.29, 1.82) is 0 Å². The highest BCUT2D eigenvalue weighted by atomic mass is 16.6. The minimum absolute atomic E-state index is 0.515. The minimum Gasteiger partial charge on any atom is -0.465 e. The molecule has 0 saturated carbocycles. The molecule has 3 N–H and O–H groups in total. The van der Waals surface area contributed by atoms with Crippen molar-refractivity contribution in [3.63, 3.8) is 0 Å². The number of aliphatic hydroxyl groups is 1. The zero-order chi connectivity index (χ0) is 10.8. The molecule has 0 aliphatic carbocycles. The molecule has 1 amide bonds. The molecule has 1 aromatic rings. The minimum atomic E-state index is -1.09. The van der Waals surface area contributed by atoms with E-state index in [1.165, 1.54) is 0 Å². The average molecular weight is 209 g/mol. The third-order valence-electron chi connectivity index (χ3n) is 2.24. The highest BCUT2D eigenvalue weighted by Gasteiger charge is 2.17. The fourth-order valence-electron chi connectivity index (χ4n) is 1.58. The van der Waals surface area contributed by atoms with Gasteiger partial charge in [-0.3, -0.25) is 5.32 Å². The normalized spacial score (nSPS) is 18.9. The number of aryl methyl sites for hydroxylation is 1. The van der Waals surface area contributed by atoms with Gasteiger partial charge in [0.05, 0.1) is 0 Å². The maximum atomic E-state index is 10.4. The van der Waals surface area contributed by atoms with E-state index < -0.39 is 12.4 Å². The van der Waals surface area contributed by atoms with Crippen molar-refractivity contribution in [3.8, 4) is 5.75 Å². The molecule has 1 atom stereocenters. The zero-order valence-corrected chi connectivity index (χ0v) is 7.93. The fraction of sp³-hybridized carbons (Fsp3) is 0.300. The Balaban J connectivity index is 2.23. The summed E-state index contributed by atoms with van der Waals surface area (Å²) in [6.07, 6.45) is -0.627. The van der Waals surface area contributed by atoms with E-state index in [0.717, 1.165) is 5.56 Å². The maximum Gasteiger partial charge on any atom is 0.409 e. The molecule has 0 fully saturated rings. The van der Waals surface area contributed by atoms with Crippen molar-refractivity contribution < 1.29 is 19.7 Å². The molecule has 80 valence electrons. The van der Waals surface area contributed by atoms with E-state index >= 15 is 0 Å². The van der Waals surface area contributed by atoms with Crippen molar-refractivity contribution in [1.82, 2.24) is 0 Å². The van der Waals surface area contributed by atoms with Crippen molar-refractivity contribution >= 4 is 11.8 Å². The highest BCUT2D eigenvalue weighted by molar-refractivity contribution is 5.83. The van der Waals surface area contributed by atoms with Crippen LogP contribution in [0.1, 0.15) is 12.0 Å². The molecule has 5 nitrogen and oxygen atoms in total. The summed E-state index contributed by atoms with van der Waals surface area (Å²) < 4.78 is 5.17. The van der Waals surface area contributed by atoms with Crippen LogP contribution in [0, 0.1) is 0 Å². The molecule has 0 radical (unpaired) electrons. The van der Waals surface area contributed by atoms with Crippen molar-refractivity contribution in [2.24, 2.45) is 0 Å². The topological polar surface area (TPSA) is 78.8 Å². The second-order valence-corrected chi connectivity index (χ2v) is 3.36. The maximum absolute atomic E-state index is 10.4. The SMILES string of the molecule is O=C(O)Nc1ccc2c(c1)CCC(O)O2. The smallest absolute Gasteiger partial charge is 0.409 e. The number of carbonyl (C=O) groups is 1. The van der Waals surface area contributed by atoms with E-state index in [4.69, 9.17) is 9.84 Å². The van der Waals surface area contributed by atoms with Gasteiger partial charge in [0, 0.05) is 12.1 Å². The zero-order valence-electron chi connectivity index (χ0n) is 7.93. The number of aliphatic hydroxyl groups excluding tert-OH is 1. The van der Waals surface area contributed by atoms with Crippen LogP contribution in [0.15, 0.2) is 18.2 Å². The van der Waals surface area contributed by atoms with Crippen LogP contribution in [0.5, 0.6) is 5.75 Å². The number of nitrogens with one attached hydrogen (secondary N) is 1. The molecule has 2 rings (SSSR count). The lowest BCUT2D eigenvalue weighted by atomic mass is 10.1. The number of rotatable bonds is 1. The molecule has 0 bridgehead atoms. The Morgan fingerprint density at radius 2 is 2.33 bits per heavy atom. The number of hydrogen-bond acceptors (Lipinski definition) is 3. The lowest BCUT2D eigenvalue weighted by Gasteiger charge is -2.22. The molecule has 1 aliphatic heterocycles. The van der Waals surface area contributed by atoms with Gasteiger partial charge in [0.1, 0.15) is 5.75 Å². The van der Waals surface area contributed by atoms with Gasteiger partial charge in [0.15, 0.2) is 6.29 Å². The first-order chi connectivity index (χ1) is 7.15. The van der Waals surface area contributed by atoms with Gasteiger partial charge in [-0.25, -0.2) is 4.79 Å². The lowest BCUT2D eigenvalue weighted by Crippen LogP contribution is -2.21. The summed E-state index contributed by atoms with van der Waals surface area (Å²) in [5, 5.41) is 20.0. The van der Waals surface area contributed by atoms with Crippen molar-refractivity contribution in [2.45, 2.75) is 19.1 Å². The first-order valence-electron chi connectivity index (χ1n) is 4.63. The van der Waals surface area contributed by atoms with E-state index in [-0.39, 0.29) is 0 Å². The molecular formula is C10H11NO4. The Morgan fingerprint density at radius 3 is 3.07 bits per heavy atom. The Bertz CT molecular complexity index is 391. The molecule has 1 heterocycles. The van der Waals surface area contributed by atoms with Gasteiger partial charge < -0.3 is 14.9 Å². The Morgan fingerprint density at radius 1 is 1.53 bits per heavy atom. The summed E-state index contributed by atoms with van der Waals surface area (Å²) in [6.45, 7) is 0. The number of amides is 1. The molecule has 1 aromatic carbocycles. The van der Waals surface area contributed by atoms with Gasteiger partial charge >= 0.3 is 6.09 Å². The Kier molecular flexibility index (Phi) is 2.47. The van der Waals surface area contributed by atoms with E-state index in [1.54, 1.807) is 18.2 Å². The number of benzene rings is 1. The van der Waals surface area contributed by atoms with Gasteiger partial charge in [0.2, 0.25) is 0 Å². The van der Waals surface area contributed by atoms with E-state index in [9.17, 15) is 9.90 Å². The second-order valence-electron chi connectivity index (χ2n) is 3.36. The number of carboxylic acid groups (broad SMARTS) is 1. The largest absolute Gasteiger partial charge is 0.465 e. The van der Waals surface area contributed by atoms with E-state index in [2.05, 4.69) is 5.32 Å². The molecule has 0 spiro atoms. The van der Waals surface area contributed by atoms with E-state index in [0.29, 0.717) is 24.3 Å². The molecule has 0 aromatic heterocycles. The molecular weight excluding hydrogens is 198 g/mol. The molecule has 1 unspecified atom stereocenters. The number of fused-ring (bicyclic) bond motifs is 1. The first kappa shape index (κ1) is 9.79. The van der Waals surface area contributed by atoms with Crippen molar-refractivity contribution in [2.75, 3.05) is 5.32 Å². The monoisotopic (exact) mass is 209 g/mol. The van der Waals surface area contributed by atoms with Crippen LogP contribution in [-0.2, 0) is 6.42 Å². The van der Waals surface area contributed by atoms with Crippen LogP contribution < -0.4 is 10.1 Å². The third kappa shape index (κ3) is 2.19. The summed E-state index contributed by atoms with van der Waals surface area (Å²) in [5.74, 6) is 0.615. The second kappa shape index (κ2) is 3.78. The summed E-state index contributed by atoms with van der Waals surface area (Å²) in [7, 11) is 0. The molecule has 0 saturated heterocycles. The third-order valence-corrected chi connectivity index (χ3v) is 2.24. The predicted octanol–water partition coefficient (Wildman–Crippen LogP) is 1.42. The van der Waals surface area contributed by atoms with Crippen LogP contribution in [0.4, 0.5) is 10.5 Å². The van der Waals surface area contributed by atoms with Gasteiger partial charge in [-0.15, -0.1) is 0 Å². The fourth-order valence-corrected chi connectivity index (χ4v) is 1.58. The Labute approximate surface area is 86.3 Å². The predicted molar refractivity (Wildman–Crippen MR) is 53.0 cm³/mol. The van der Waals surface area contributed by atoms with Crippen LogP contribution in [-0.4, -0.2) is 22.6 Å².